The molecular weight excluding hydrogens is 318 g/mol. The topological polar surface area (TPSA) is 109 Å². The van der Waals surface area contributed by atoms with Crippen LogP contribution in [0.2, 0.25) is 0 Å². The highest BCUT2D eigenvalue weighted by Gasteiger charge is 2.17. The molecule has 0 saturated carbocycles. The molecule has 0 aliphatic heterocycles. The van der Waals surface area contributed by atoms with Crippen LogP contribution in [0.15, 0.2) is 48.5 Å². The summed E-state index contributed by atoms with van der Waals surface area (Å²) in [6, 6.07) is 14.9. The third-order valence-corrected chi connectivity index (χ3v) is 4.09. The predicted molar refractivity (Wildman–Crippen MR) is 93.5 cm³/mol. The zero-order chi connectivity index (χ0) is 18.0. The van der Waals surface area contributed by atoms with Crippen molar-refractivity contribution < 1.29 is 14.7 Å². The van der Waals surface area contributed by atoms with E-state index in [4.69, 9.17) is 5.73 Å². The number of aromatic nitrogens is 2. The number of carboxylic acid groups (broad SMARTS) is 1. The molecule has 126 valence electrons. The molecule has 0 aliphatic carbocycles. The quantitative estimate of drug-likeness (QED) is 0.666. The van der Waals surface area contributed by atoms with E-state index in [1.165, 1.54) is 0 Å². The average molecular weight is 335 g/mol. The fourth-order valence-electron chi connectivity index (χ4n) is 2.74. The predicted octanol–water partition coefficient (Wildman–Crippen LogP) is 2.77. The number of nitrogens with two attached hydrogens (primary N) is 1. The molecule has 6 nitrogen and oxygen atoms in total. The number of carboxylic acids is 1. The van der Waals surface area contributed by atoms with Crippen molar-refractivity contribution in [2.75, 3.05) is 0 Å². The number of nitrogens with one attached hydrogen (secondary N) is 1. The van der Waals surface area contributed by atoms with Crippen LogP contribution in [0.3, 0.4) is 0 Å². The summed E-state index contributed by atoms with van der Waals surface area (Å²) in [6.45, 7) is 1.81. The molecule has 0 fully saturated rings. The fraction of sp³-hybridized carbons (Fsp3) is 0.105. The number of aromatic amines is 1. The van der Waals surface area contributed by atoms with E-state index >= 15 is 0 Å². The third kappa shape index (κ3) is 3.42. The van der Waals surface area contributed by atoms with Crippen LogP contribution in [-0.2, 0) is 6.42 Å². The van der Waals surface area contributed by atoms with E-state index in [-0.39, 0.29) is 5.69 Å². The second-order valence-corrected chi connectivity index (χ2v) is 5.80. The van der Waals surface area contributed by atoms with Gasteiger partial charge in [-0.15, -0.1) is 0 Å². The van der Waals surface area contributed by atoms with E-state index in [1.807, 2.05) is 36.4 Å². The minimum atomic E-state index is -1.04. The van der Waals surface area contributed by atoms with Gasteiger partial charge in [0.2, 0.25) is 5.91 Å². The molecule has 0 aliphatic rings. The van der Waals surface area contributed by atoms with Gasteiger partial charge in [0, 0.05) is 23.2 Å². The SMILES string of the molecule is Cc1[nH]nc(C(=O)O)c1Cc1cccc(-c2ccc(C(N)=O)cc2)c1. The third-order valence-electron chi connectivity index (χ3n) is 4.09. The number of aryl methyl sites for hydroxylation is 1. The van der Waals surface area contributed by atoms with Crippen LogP contribution in [0.4, 0.5) is 0 Å². The molecule has 0 radical (unpaired) electrons. The Kier molecular flexibility index (Phi) is 4.35. The van der Waals surface area contributed by atoms with Crippen LogP contribution in [0.5, 0.6) is 0 Å². The molecule has 1 aromatic heterocycles. The van der Waals surface area contributed by atoms with Gasteiger partial charge in [-0.2, -0.15) is 5.10 Å². The van der Waals surface area contributed by atoms with Crippen molar-refractivity contribution in [3.05, 3.63) is 76.6 Å². The van der Waals surface area contributed by atoms with E-state index in [2.05, 4.69) is 10.2 Å². The van der Waals surface area contributed by atoms with Gasteiger partial charge in [-0.1, -0.05) is 36.4 Å². The van der Waals surface area contributed by atoms with Gasteiger partial charge in [-0.3, -0.25) is 9.89 Å². The normalized spacial score (nSPS) is 10.6. The molecule has 6 heteroatoms. The molecule has 1 amide bonds. The van der Waals surface area contributed by atoms with Crippen molar-refractivity contribution >= 4 is 11.9 Å². The van der Waals surface area contributed by atoms with Crippen LogP contribution < -0.4 is 5.73 Å². The van der Waals surface area contributed by atoms with Crippen LogP contribution in [0.25, 0.3) is 11.1 Å². The van der Waals surface area contributed by atoms with Gasteiger partial charge in [0.1, 0.15) is 0 Å². The standard InChI is InChI=1S/C19H17N3O3/c1-11-16(17(19(24)25)22-21-11)10-12-3-2-4-15(9-12)13-5-7-14(8-6-13)18(20)23/h2-9H,10H2,1H3,(H2,20,23)(H,21,22)(H,24,25). The van der Waals surface area contributed by atoms with E-state index < -0.39 is 11.9 Å². The number of carbonyl (C=O) groups excluding carboxylic acids is 1. The molecule has 1 heterocycles. The largest absolute Gasteiger partial charge is 0.476 e. The van der Waals surface area contributed by atoms with Crippen molar-refractivity contribution in [1.29, 1.82) is 0 Å². The Bertz CT molecular complexity index is 943. The van der Waals surface area contributed by atoms with Crippen LogP contribution in [0.1, 0.15) is 37.7 Å². The molecule has 3 aromatic rings. The Morgan fingerprint density at radius 3 is 2.48 bits per heavy atom. The molecule has 0 atom stereocenters. The Morgan fingerprint density at radius 1 is 1.12 bits per heavy atom. The Labute approximate surface area is 144 Å². The second-order valence-electron chi connectivity index (χ2n) is 5.80. The first kappa shape index (κ1) is 16.4. The smallest absolute Gasteiger partial charge is 0.356 e. The summed E-state index contributed by atoms with van der Waals surface area (Å²) >= 11 is 0. The van der Waals surface area contributed by atoms with E-state index in [9.17, 15) is 14.7 Å². The first-order valence-corrected chi connectivity index (χ1v) is 7.72. The monoisotopic (exact) mass is 335 g/mol. The number of carbonyl (C=O) groups is 2. The summed E-state index contributed by atoms with van der Waals surface area (Å²) < 4.78 is 0. The summed E-state index contributed by atoms with van der Waals surface area (Å²) in [5.41, 5.74) is 10.1. The molecule has 4 N–H and O–H groups in total. The highest BCUT2D eigenvalue weighted by Crippen LogP contribution is 2.23. The van der Waals surface area contributed by atoms with Gasteiger partial charge >= 0.3 is 5.97 Å². The number of hydrogen-bond acceptors (Lipinski definition) is 3. The van der Waals surface area contributed by atoms with Gasteiger partial charge in [0.15, 0.2) is 5.69 Å². The van der Waals surface area contributed by atoms with Gasteiger partial charge in [-0.05, 0) is 35.7 Å². The van der Waals surface area contributed by atoms with Crippen molar-refractivity contribution in [3.8, 4) is 11.1 Å². The van der Waals surface area contributed by atoms with Crippen LogP contribution in [0, 0.1) is 6.92 Å². The molecular formula is C19H17N3O3. The van der Waals surface area contributed by atoms with E-state index in [0.29, 0.717) is 17.5 Å². The van der Waals surface area contributed by atoms with Gasteiger partial charge < -0.3 is 10.8 Å². The summed E-state index contributed by atoms with van der Waals surface area (Å²) in [6.07, 6.45) is 0.469. The highest BCUT2D eigenvalue weighted by molar-refractivity contribution is 5.93. The lowest BCUT2D eigenvalue weighted by Crippen LogP contribution is -2.10. The molecule has 3 rings (SSSR count). The fourth-order valence-corrected chi connectivity index (χ4v) is 2.74. The maximum absolute atomic E-state index is 11.3. The number of amides is 1. The average Bonchev–Trinajstić information content (AvgIpc) is 2.96. The van der Waals surface area contributed by atoms with Crippen molar-refractivity contribution in [3.63, 3.8) is 0 Å². The molecule has 0 saturated heterocycles. The lowest BCUT2D eigenvalue weighted by molar-refractivity contribution is 0.0689. The summed E-state index contributed by atoms with van der Waals surface area (Å²) in [7, 11) is 0. The van der Waals surface area contributed by atoms with Gasteiger partial charge in [-0.25, -0.2) is 4.79 Å². The molecule has 0 spiro atoms. The zero-order valence-electron chi connectivity index (χ0n) is 13.6. The van der Waals surface area contributed by atoms with Crippen LogP contribution >= 0.6 is 0 Å². The molecule has 2 aromatic carbocycles. The Hall–Kier alpha value is -3.41. The summed E-state index contributed by atoms with van der Waals surface area (Å²) in [5.74, 6) is -1.51. The highest BCUT2D eigenvalue weighted by atomic mass is 16.4. The number of nitrogens with zero attached hydrogens (tertiary/aromatic N) is 1. The lowest BCUT2D eigenvalue weighted by Gasteiger charge is -2.07. The number of primary amides is 1. The zero-order valence-corrected chi connectivity index (χ0v) is 13.6. The van der Waals surface area contributed by atoms with Crippen molar-refractivity contribution in [2.45, 2.75) is 13.3 Å². The number of H-pyrrole nitrogens is 1. The number of hydrogen-bond donors (Lipinski definition) is 3. The maximum atomic E-state index is 11.3. The Morgan fingerprint density at radius 2 is 1.84 bits per heavy atom. The molecule has 0 unspecified atom stereocenters. The Balaban J connectivity index is 1.91. The number of aromatic carboxylic acids is 1. The van der Waals surface area contributed by atoms with Gasteiger partial charge in [0.05, 0.1) is 0 Å². The molecule has 25 heavy (non-hydrogen) atoms. The van der Waals surface area contributed by atoms with Crippen molar-refractivity contribution in [1.82, 2.24) is 10.2 Å². The number of rotatable bonds is 5. The molecule has 0 bridgehead atoms. The van der Waals surface area contributed by atoms with Crippen molar-refractivity contribution in [2.24, 2.45) is 5.73 Å². The van der Waals surface area contributed by atoms with Gasteiger partial charge in [0.25, 0.3) is 0 Å². The first-order valence-electron chi connectivity index (χ1n) is 7.72. The van der Waals surface area contributed by atoms with E-state index in [1.54, 1.807) is 19.1 Å². The maximum Gasteiger partial charge on any atom is 0.356 e. The summed E-state index contributed by atoms with van der Waals surface area (Å²) in [5, 5.41) is 15.8. The second kappa shape index (κ2) is 6.60. The van der Waals surface area contributed by atoms with E-state index in [0.717, 1.165) is 22.4 Å². The number of benzene rings is 2. The minimum Gasteiger partial charge on any atom is -0.476 e. The summed E-state index contributed by atoms with van der Waals surface area (Å²) in [4.78, 5) is 22.4. The minimum absolute atomic E-state index is 0.0497. The lowest BCUT2D eigenvalue weighted by atomic mass is 9.97. The first-order chi connectivity index (χ1) is 12.0. The van der Waals surface area contributed by atoms with Crippen LogP contribution in [-0.4, -0.2) is 27.2 Å².